The van der Waals surface area contributed by atoms with E-state index >= 15 is 0 Å². The van der Waals surface area contributed by atoms with Crippen LogP contribution >= 0.6 is 0 Å². The normalized spacial score (nSPS) is 11.1. The van der Waals surface area contributed by atoms with Gasteiger partial charge < -0.3 is 20.4 Å². The lowest BCUT2D eigenvalue weighted by atomic mass is 10.2. The maximum atomic E-state index is 8.73. The number of nitrogens with two attached hydrogens (primary N) is 1. The van der Waals surface area contributed by atoms with Crippen LogP contribution in [0.4, 0.5) is 0 Å². The number of hydrogen-bond donors (Lipinski definition) is 2. The Hall–Kier alpha value is -2.76. The van der Waals surface area contributed by atoms with Gasteiger partial charge in [-0.25, -0.2) is 0 Å². The lowest BCUT2D eigenvalue weighted by Crippen LogP contribution is -2.14. The second kappa shape index (κ2) is 5.72. The molecule has 0 bridgehead atoms. The van der Waals surface area contributed by atoms with Gasteiger partial charge in [0.25, 0.3) is 0 Å². The van der Waals surface area contributed by atoms with Crippen molar-refractivity contribution in [3.8, 4) is 17.2 Å². The zero-order valence-electron chi connectivity index (χ0n) is 10.3. The summed E-state index contributed by atoms with van der Waals surface area (Å²) in [5, 5.41) is 11.7. The minimum absolute atomic E-state index is 0.0414. The number of oxime groups is 1. The molecular weight excluding hydrogens is 246 g/mol. The third-order valence-electron chi connectivity index (χ3n) is 2.44. The van der Waals surface area contributed by atoms with E-state index in [1.54, 1.807) is 37.4 Å². The third-order valence-corrected chi connectivity index (χ3v) is 2.44. The Kier molecular flexibility index (Phi) is 3.82. The van der Waals surface area contributed by atoms with E-state index < -0.39 is 0 Å². The molecule has 0 saturated heterocycles. The van der Waals surface area contributed by atoms with Crippen LogP contribution in [0.5, 0.6) is 17.2 Å². The molecule has 0 saturated carbocycles. The summed E-state index contributed by atoms with van der Waals surface area (Å²) in [5.74, 6) is 1.59. The highest BCUT2D eigenvalue weighted by Gasteiger charge is 2.09. The predicted octanol–water partition coefficient (Wildman–Crippen LogP) is 1.98. The highest BCUT2D eigenvalue weighted by Crippen LogP contribution is 2.26. The van der Waals surface area contributed by atoms with Gasteiger partial charge in [0, 0.05) is 12.3 Å². The van der Waals surface area contributed by atoms with Gasteiger partial charge in [0.2, 0.25) is 0 Å². The van der Waals surface area contributed by atoms with E-state index in [2.05, 4.69) is 10.1 Å². The summed E-state index contributed by atoms with van der Waals surface area (Å²) in [7, 11) is 1.57. The molecule has 0 fully saturated rings. The quantitative estimate of drug-likeness (QED) is 0.379. The summed E-state index contributed by atoms with van der Waals surface area (Å²) >= 11 is 0. The molecular formula is C13H13N3O3. The molecule has 0 amide bonds. The number of rotatable bonds is 4. The number of ether oxygens (including phenoxy) is 2. The fourth-order valence-corrected chi connectivity index (χ4v) is 1.52. The Bertz CT molecular complexity index is 599. The van der Waals surface area contributed by atoms with Crippen molar-refractivity contribution in [1.82, 2.24) is 4.98 Å². The number of aromatic nitrogens is 1. The van der Waals surface area contributed by atoms with Crippen LogP contribution in [-0.4, -0.2) is 23.1 Å². The van der Waals surface area contributed by atoms with Gasteiger partial charge in [-0.15, -0.1) is 0 Å². The van der Waals surface area contributed by atoms with Crippen LogP contribution in [0.1, 0.15) is 5.56 Å². The third kappa shape index (κ3) is 2.92. The second-order valence-corrected chi connectivity index (χ2v) is 3.64. The lowest BCUT2D eigenvalue weighted by molar-refractivity contribution is 0.318. The first-order valence-corrected chi connectivity index (χ1v) is 5.48. The van der Waals surface area contributed by atoms with Crippen molar-refractivity contribution >= 4 is 5.84 Å². The Labute approximate surface area is 110 Å². The number of benzene rings is 1. The minimum Gasteiger partial charge on any atom is -0.497 e. The highest BCUT2D eigenvalue weighted by atomic mass is 16.5. The Morgan fingerprint density at radius 2 is 2.11 bits per heavy atom. The predicted molar refractivity (Wildman–Crippen MR) is 69.8 cm³/mol. The van der Waals surface area contributed by atoms with Gasteiger partial charge in [-0.05, 0) is 18.2 Å². The summed E-state index contributed by atoms with van der Waals surface area (Å²) in [6.45, 7) is 0. The standard InChI is InChI=1S/C13H13N3O3/c1-18-9-3-2-4-10(7-9)19-12-8-15-6-5-11(12)13(14)16-17/h2-8,17H,1H3,(H2,14,16). The molecule has 0 atom stereocenters. The first-order chi connectivity index (χ1) is 9.24. The van der Waals surface area contributed by atoms with Crippen molar-refractivity contribution in [3.05, 3.63) is 48.3 Å². The van der Waals surface area contributed by atoms with Crippen molar-refractivity contribution in [2.24, 2.45) is 10.9 Å². The van der Waals surface area contributed by atoms with Crippen LogP contribution in [-0.2, 0) is 0 Å². The fourth-order valence-electron chi connectivity index (χ4n) is 1.52. The molecule has 0 unspecified atom stereocenters. The fraction of sp³-hybridized carbons (Fsp3) is 0.0769. The molecule has 3 N–H and O–H groups in total. The molecule has 2 rings (SSSR count). The largest absolute Gasteiger partial charge is 0.497 e. The van der Waals surface area contributed by atoms with E-state index in [-0.39, 0.29) is 5.84 Å². The van der Waals surface area contributed by atoms with Crippen molar-refractivity contribution < 1.29 is 14.7 Å². The lowest BCUT2D eigenvalue weighted by Gasteiger charge is -2.10. The maximum absolute atomic E-state index is 8.73. The van der Waals surface area contributed by atoms with Crippen molar-refractivity contribution in [2.45, 2.75) is 0 Å². The number of hydrogen-bond acceptors (Lipinski definition) is 5. The maximum Gasteiger partial charge on any atom is 0.173 e. The van der Waals surface area contributed by atoms with Crippen LogP contribution in [0.3, 0.4) is 0 Å². The van der Waals surface area contributed by atoms with Crippen LogP contribution in [0.15, 0.2) is 47.9 Å². The zero-order chi connectivity index (χ0) is 13.7. The molecule has 19 heavy (non-hydrogen) atoms. The highest BCUT2D eigenvalue weighted by molar-refractivity contribution is 5.99. The van der Waals surface area contributed by atoms with E-state index in [0.717, 1.165) is 0 Å². The van der Waals surface area contributed by atoms with Crippen LogP contribution < -0.4 is 15.2 Å². The average molecular weight is 259 g/mol. The molecule has 1 heterocycles. The SMILES string of the molecule is COc1cccc(Oc2cnccc2/C(N)=N/O)c1. The van der Waals surface area contributed by atoms with Gasteiger partial charge in [-0.2, -0.15) is 0 Å². The first kappa shape index (κ1) is 12.7. The summed E-state index contributed by atoms with van der Waals surface area (Å²) in [6, 6.07) is 8.70. The van der Waals surface area contributed by atoms with Gasteiger partial charge >= 0.3 is 0 Å². The molecule has 0 aliphatic heterocycles. The summed E-state index contributed by atoms with van der Waals surface area (Å²) in [4.78, 5) is 3.95. The zero-order valence-corrected chi connectivity index (χ0v) is 10.3. The average Bonchev–Trinajstić information content (AvgIpc) is 2.47. The second-order valence-electron chi connectivity index (χ2n) is 3.64. The molecule has 6 heteroatoms. The van der Waals surface area contributed by atoms with Gasteiger partial charge in [0.05, 0.1) is 18.9 Å². The van der Waals surface area contributed by atoms with Crippen molar-refractivity contribution in [2.75, 3.05) is 7.11 Å². The van der Waals surface area contributed by atoms with Crippen molar-refractivity contribution in [3.63, 3.8) is 0 Å². The number of pyridine rings is 1. The summed E-state index contributed by atoms with van der Waals surface area (Å²) in [6.07, 6.45) is 3.03. The van der Waals surface area contributed by atoms with Crippen LogP contribution in [0, 0.1) is 0 Å². The van der Waals surface area contributed by atoms with Gasteiger partial charge in [0.1, 0.15) is 11.5 Å². The molecule has 98 valence electrons. The molecule has 0 aliphatic rings. The number of nitrogens with zero attached hydrogens (tertiary/aromatic N) is 2. The van der Waals surface area contributed by atoms with Gasteiger partial charge in [0.15, 0.2) is 11.6 Å². The van der Waals surface area contributed by atoms with Crippen LogP contribution in [0.25, 0.3) is 0 Å². The number of amidine groups is 1. The van der Waals surface area contributed by atoms with Gasteiger partial charge in [-0.1, -0.05) is 11.2 Å². The van der Waals surface area contributed by atoms with E-state index in [1.807, 2.05) is 0 Å². The van der Waals surface area contributed by atoms with E-state index in [9.17, 15) is 0 Å². The van der Waals surface area contributed by atoms with Crippen molar-refractivity contribution in [1.29, 1.82) is 0 Å². The Morgan fingerprint density at radius 3 is 2.84 bits per heavy atom. The smallest absolute Gasteiger partial charge is 0.173 e. The molecule has 0 aliphatic carbocycles. The molecule has 1 aromatic heterocycles. The summed E-state index contributed by atoms with van der Waals surface area (Å²) in [5.41, 5.74) is 6.03. The first-order valence-electron chi connectivity index (χ1n) is 5.48. The molecule has 6 nitrogen and oxygen atoms in total. The monoisotopic (exact) mass is 259 g/mol. The van der Waals surface area contributed by atoms with E-state index in [0.29, 0.717) is 22.8 Å². The topological polar surface area (TPSA) is 90.0 Å². The van der Waals surface area contributed by atoms with Crippen LogP contribution in [0.2, 0.25) is 0 Å². The summed E-state index contributed by atoms with van der Waals surface area (Å²) < 4.78 is 10.8. The minimum atomic E-state index is -0.0414. The molecule has 2 aromatic rings. The number of methoxy groups -OCH3 is 1. The molecule has 0 radical (unpaired) electrons. The Balaban J connectivity index is 2.33. The van der Waals surface area contributed by atoms with E-state index in [4.69, 9.17) is 20.4 Å². The van der Waals surface area contributed by atoms with Gasteiger partial charge in [-0.3, -0.25) is 4.98 Å². The van der Waals surface area contributed by atoms with E-state index in [1.165, 1.54) is 12.4 Å². The Morgan fingerprint density at radius 1 is 1.32 bits per heavy atom. The molecule has 1 aromatic carbocycles. The molecule has 0 spiro atoms.